The number of hydrogen-bond acceptors (Lipinski definition) is 5. The summed E-state index contributed by atoms with van der Waals surface area (Å²) in [5.41, 5.74) is 1.42. The van der Waals surface area contributed by atoms with E-state index in [-0.39, 0.29) is 18.2 Å². The van der Waals surface area contributed by atoms with E-state index in [4.69, 9.17) is 14.0 Å². The summed E-state index contributed by atoms with van der Waals surface area (Å²) in [5.74, 6) is -0.455. The molecule has 2 aliphatic heterocycles. The highest BCUT2D eigenvalue weighted by atomic mass is 16.7. The van der Waals surface area contributed by atoms with E-state index in [0.717, 1.165) is 18.7 Å². The van der Waals surface area contributed by atoms with Crippen LogP contribution in [-0.4, -0.2) is 44.5 Å². The van der Waals surface area contributed by atoms with Crippen LogP contribution in [-0.2, 0) is 18.8 Å². The van der Waals surface area contributed by atoms with E-state index >= 15 is 0 Å². The lowest BCUT2D eigenvalue weighted by Gasteiger charge is -2.32. The maximum Gasteiger partial charge on any atom is 0.466 e. The molecule has 1 atom stereocenters. The Morgan fingerprint density at radius 1 is 1.07 bits per heavy atom. The molecule has 0 saturated carbocycles. The van der Waals surface area contributed by atoms with Crippen molar-refractivity contribution in [2.45, 2.75) is 70.4 Å². The van der Waals surface area contributed by atoms with E-state index in [0.29, 0.717) is 0 Å². The minimum Gasteiger partial charge on any atom is -0.469 e. The third kappa shape index (κ3) is 4.32. The number of hydrogen-bond donors (Lipinski definition) is 0. The molecule has 2 heterocycles. The number of piperidine rings is 1. The van der Waals surface area contributed by atoms with Crippen LogP contribution >= 0.6 is 0 Å². The maximum absolute atomic E-state index is 12.0. The van der Waals surface area contributed by atoms with Gasteiger partial charge < -0.3 is 18.9 Å². The summed E-state index contributed by atoms with van der Waals surface area (Å²) in [6, 6.07) is 8.50. The van der Waals surface area contributed by atoms with Crippen molar-refractivity contribution in [3.05, 3.63) is 29.8 Å². The third-order valence-electron chi connectivity index (χ3n) is 6.26. The maximum atomic E-state index is 12.0. The van der Waals surface area contributed by atoms with Crippen molar-refractivity contribution >= 4 is 18.8 Å². The van der Waals surface area contributed by atoms with Crippen LogP contribution in [0.4, 0.5) is 5.69 Å². The summed E-state index contributed by atoms with van der Waals surface area (Å²) in [6.45, 7) is 10.3. The van der Waals surface area contributed by atoms with E-state index in [9.17, 15) is 4.79 Å². The molecule has 3 rings (SSSR count). The molecule has 27 heavy (non-hydrogen) atoms. The van der Waals surface area contributed by atoms with E-state index in [1.54, 1.807) is 0 Å². The zero-order chi connectivity index (χ0) is 19.7. The zero-order valence-electron chi connectivity index (χ0n) is 17.3. The van der Waals surface area contributed by atoms with Gasteiger partial charge in [-0.25, -0.2) is 0 Å². The van der Waals surface area contributed by atoms with Crippen LogP contribution in [0.5, 0.6) is 0 Å². The van der Waals surface area contributed by atoms with Crippen molar-refractivity contribution in [2.75, 3.05) is 25.1 Å². The van der Waals surface area contributed by atoms with Crippen molar-refractivity contribution in [1.82, 2.24) is 0 Å². The lowest BCUT2D eigenvalue weighted by molar-refractivity contribution is -0.140. The quantitative estimate of drug-likeness (QED) is 0.578. The first-order chi connectivity index (χ1) is 12.7. The Morgan fingerprint density at radius 3 is 2.15 bits per heavy atom. The fourth-order valence-corrected chi connectivity index (χ4v) is 3.77. The van der Waals surface area contributed by atoms with Gasteiger partial charge in [0.05, 0.1) is 24.7 Å². The molecule has 0 bridgehead atoms. The Hall–Kier alpha value is -1.53. The molecule has 1 aromatic carbocycles. The molecule has 0 spiro atoms. The molecule has 5 nitrogen and oxygen atoms in total. The normalized spacial score (nSPS) is 22.6. The molecule has 0 aromatic heterocycles. The smallest absolute Gasteiger partial charge is 0.466 e. The fourth-order valence-electron chi connectivity index (χ4n) is 3.77. The summed E-state index contributed by atoms with van der Waals surface area (Å²) in [6.07, 6.45) is 4.05. The molecule has 2 fully saturated rings. The minimum absolute atomic E-state index is 0.200. The standard InChI is InChI=1S/C21H32BNO4/c1-20(2)21(3,4)27-22(26-20)18(15-19(24)25-5)16-9-11-17(12-10-16)23-13-7-6-8-14-23/h9-12,18H,6-8,13-15H2,1-5H3. The SMILES string of the molecule is COC(=O)CC(B1OC(C)(C)C(C)(C)O1)c1ccc(N2CCCCC2)cc1. The summed E-state index contributed by atoms with van der Waals surface area (Å²) in [4.78, 5) is 14.5. The summed E-state index contributed by atoms with van der Waals surface area (Å²) >= 11 is 0. The van der Waals surface area contributed by atoms with Gasteiger partial charge >= 0.3 is 13.1 Å². The van der Waals surface area contributed by atoms with Gasteiger partial charge in [-0.1, -0.05) is 12.1 Å². The molecule has 148 valence electrons. The monoisotopic (exact) mass is 373 g/mol. The van der Waals surface area contributed by atoms with Gasteiger partial charge in [0, 0.05) is 24.6 Å². The lowest BCUT2D eigenvalue weighted by atomic mass is 9.66. The Kier molecular flexibility index (Phi) is 5.87. The third-order valence-corrected chi connectivity index (χ3v) is 6.26. The minimum atomic E-state index is -0.477. The number of anilines is 1. The van der Waals surface area contributed by atoms with Crippen molar-refractivity contribution in [3.8, 4) is 0 Å². The zero-order valence-corrected chi connectivity index (χ0v) is 17.3. The highest BCUT2D eigenvalue weighted by Crippen LogP contribution is 2.42. The van der Waals surface area contributed by atoms with E-state index in [1.165, 1.54) is 32.1 Å². The summed E-state index contributed by atoms with van der Waals surface area (Å²) < 4.78 is 17.4. The first-order valence-corrected chi connectivity index (χ1v) is 10.0. The second kappa shape index (κ2) is 7.84. The molecule has 0 radical (unpaired) electrons. The Labute approximate surface area is 163 Å². The molecular formula is C21H32BNO4. The second-order valence-electron chi connectivity index (χ2n) is 8.65. The van der Waals surface area contributed by atoms with Gasteiger partial charge in [0.1, 0.15) is 0 Å². The summed E-state index contributed by atoms with van der Waals surface area (Å²) in [7, 11) is 0.943. The van der Waals surface area contributed by atoms with Crippen LogP contribution in [0.2, 0.25) is 0 Å². The average molecular weight is 373 g/mol. The molecular weight excluding hydrogens is 341 g/mol. The van der Waals surface area contributed by atoms with Crippen molar-refractivity contribution in [2.24, 2.45) is 0 Å². The predicted molar refractivity (Wildman–Crippen MR) is 108 cm³/mol. The number of ether oxygens (including phenoxy) is 1. The number of esters is 1. The van der Waals surface area contributed by atoms with Gasteiger partial charge in [-0.2, -0.15) is 0 Å². The Morgan fingerprint density at radius 2 is 1.63 bits per heavy atom. The van der Waals surface area contributed by atoms with Crippen molar-refractivity contribution < 1.29 is 18.8 Å². The van der Waals surface area contributed by atoms with E-state index in [2.05, 4.69) is 29.2 Å². The lowest BCUT2D eigenvalue weighted by Crippen LogP contribution is -2.41. The molecule has 0 N–H and O–H groups in total. The molecule has 2 saturated heterocycles. The number of nitrogens with zero attached hydrogens (tertiary/aromatic N) is 1. The van der Waals surface area contributed by atoms with Gasteiger partial charge in [-0.15, -0.1) is 0 Å². The van der Waals surface area contributed by atoms with Gasteiger partial charge in [0.15, 0.2) is 0 Å². The van der Waals surface area contributed by atoms with E-state index < -0.39 is 18.3 Å². The highest BCUT2D eigenvalue weighted by molar-refractivity contribution is 6.48. The number of carbonyl (C=O) groups excluding carboxylic acids is 1. The number of carbonyl (C=O) groups is 1. The molecule has 2 aliphatic rings. The average Bonchev–Trinajstić information content (AvgIpc) is 2.87. The first-order valence-electron chi connectivity index (χ1n) is 10.0. The topological polar surface area (TPSA) is 48.0 Å². The van der Waals surface area contributed by atoms with E-state index in [1.807, 2.05) is 27.7 Å². The number of rotatable bonds is 5. The van der Waals surface area contributed by atoms with Crippen LogP contribution in [0.3, 0.4) is 0 Å². The van der Waals surface area contributed by atoms with Gasteiger partial charge in [-0.05, 0) is 64.7 Å². The van der Waals surface area contributed by atoms with Gasteiger partial charge in [-0.3, -0.25) is 4.79 Å². The van der Waals surface area contributed by atoms with Crippen molar-refractivity contribution in [1.29, 1.82) is 0 Å². The van der Waals surface area contributed by atoms with Gasteiger partial charge in [0.25, 0.3) is 0 Å². The second-order valence-corrected chi connectivity index (χ2v) is 8.65. The van der Waals surface area contributed by atoms with Crippen LogP contribution in [0.25, 0.3) is 0 Å². The molecule has 1 aromatic rings. The molecule has 6 heteroatoms. The first kappa shape index (κ1) is 20.2. The highest BCUT2D eigenvalue weighted by Gasteiger charge is 2.54. The Bertz CT molecular complexity index is 637. The molecule has 0 amide bonds. The van der Waals surface area contributed by atoms with Crippen molar-refractivity contribution in [3.63, 3.8) is 0 Å². The largest absolute Gasteiger partial charge is 0.469 e. The predicted octanol–water partition coefficient (Wildman–Crippen LogP) is 3.96. The number of methoxy groups -OCH3 is 1. The summed E-state index contributed by atoms with van der Waals surface area (Å²) in [5, 5.41) is 0. The molecule has 1 unspecified atom stereocenters. The number of benzene rings is 1. The van der Waals surface area contributed by atoms with Crippen LogP contribution in [0.1, 0.15) is 64.8 Å². The Balaban J connectivity index is 1.82. The van der Waals surface area contributed by atoms with Crippen LogP contribution in [0, 0.1) is 0 Å². The van der Waals surface area contributed by atoms with Crippen LogP contribution < -0.4 is 4.90 Å². The fraction of sp³-hybridized carbons (Fsp3) is 0.667. The molecule has 0 aliphatic carbocycles. The van der Waals surface area contributed by atoms with Crippen LogP contribution in [0.15, 0.2) is 24.3 Å². The van der Waals surface area contributed by atoms with Gasteiger partial charge in [0.2, 0.25) is 0 Å².